The molecule has 0 unspecified atom stereocenters. The zero-order chi connectivity index (χ0) is 15.5. The largest absolute Gasteiger partial charge is 0.379 e. The van der Waals surface area contributed by atoms with Gasteiger partial charge in [-0.1, -0.05) is 24.3 Å². The van der Waals surface area contributed by atoms with Crippen molar-refractivity contribution >= 4 is 17.2 Å². The van der Waals surface area contributed by atoms with Gasteiger partial charge in [0.05, 0.1) is 18.1 Å². The van der Waals surface area contributed by atoms with Crippen molar-refractivity contribution in [2.45, 2.75) is 13.0 Å². The van der Waals surface area contributed by atoms with E-state index < -0.39 is 0 Å². The standard InChI is InChI=1S/C17H20N2O2S/c1-12(19-6-8-21-9-7-19)13-2-4-14(5-3-13)15-10-16(17(18)20)22-11-15/h2-5,10-12H,6-9H2,1H3,(H2,18,20)/t12-/m0/s1. The molecule has 0 spiro atoms. The highest BCUT2D eigenvalue weighted by atomic mass is 32.1. The lowest BCUT2D eigenvalue weighted by atomic mass is 10.0. The quantitative estimate of drug-likeness (QED) is 0.943. The zero-order valence-corrected chi connectivity index (χ0v) is 13.4. The predicted octanol–water partition coefficient (Wildman–Crippen LogP) is 2.91. The van der Waals surface area contributed by atoms with Crippen LogP contribution in [0.5, 0.6) is 0 Å². The monoisotopic (exact) mass is 316 g/mol. The molecule has 0 bridgehead atoms. The van der Waals surface area contributed by atoms with E-state index in [9.17, 15) is 4.79 Å². The molecule has 1 atom stereocenters. The number of amides is 1. The summed E-state index contributed by atoms with van der Waals surface area (Å²) in [6.45, 7) is 5.82. The molecular weight excluding hydrogens is 296 g/mol. The van der Waals surface area contributed by atoms with Crippen LogP contribution in [0.4, 0.5) is 0 Å². The van der Waals surface area contributed by atoms with Crippen molar-refractivity contribution < 1.29 is 9.53 Å². The fourth-order valence-corrected chi connectivity index (χ4v) is 3.52. The number of benzene rings is 1. The van der Waals surface area contributed by atoms with E-state index in [0.29, 0.717) is 10.9 Å². The molecule has 1 aliphatic heterocycles. The lowest BCUT2D eigenvalue weighted by Crippen LogP contribution is -2.37. The summed E-state index contributed by atoms with van der Waals surface area (Å²) in [6.07, 6.45) is 0. The first-order chi connectivity index (χ1) is 10.6. The third kappa shape index (κ3) is 3.21. The lowest BCUT2D eigenvalue weighted by Gasteiger charge is -2.32. The van der Waals surface area contributed by atoms with Gasteiger partial charge >= 0.3 is 0 Å². The minimum atomic E-state index is -0.367. The first-order valence-corrected chi connectivity index (χ1v) is 8.33. The number of ether oxygens (including phenoxy) is 1. The van der Waals surface area contributed by atoms with E-state index in [4.69, 9.17) is 10.5 Å². The second kappa shape index (κ2) is 6.60. The van der Waals surface area contributed by atoms with Gasteiger partial charge in [-0.3, -0.25) is 9.69 Å². The first kappa shape index (κ1) is 15.2. The molecule has 116 valence electrons. The van der Waals surface area contributed by atoms with Crippen LogP contribution in [0.2, 0.25) is 0 Å². The molecule has 5 heteroatoms. The molecular formula is C17H20N2O2S. The number of carbonyl (C=O) groups excluding carboxylic acids is 1. The van der Waals surface area contributed by atoms with Gasteiger partial charge in [0.1, 0.15) is 0 Å². The molecule has 1 saturated heterocycles. The Morgan fingerprint density at radius 1 is 1.23 bits per heavy atom. The summed E-state index contributed by atoms with van der Waals surface area (Å²) in [5, 5.41) is 1.97. The van der Waals surface area contributed by atoms with Gasteiger partial charge in [-0.05, 0) is 35.1 Å². The fourth-order valence-electron chi connectivity index (χ4n) is 2.75. The first-order valence-electron chi connectivity index (χ1n) is 7.45. The summed E-state index contributed by atoms with van der Waals surface area (Å²) in [5.74, 6) is -0.367. The number of hydrogen-bond acceptors (Lipinski definition) is 4. The topological polar surface area (TPSA) is 55.6 Å². The average Bonchev–Trinajstić information content (AvgIpc) is 3.05. The van der Waals surface area contributed by atoms with Crippen LogP contribution in [0.15, 0.2) is 35.7 Å². The van der Waals surface area contributed by atoms with Gasteiger partial charge in [0.2, 0.25) is 0 Å². The third-order valence-electron chi connectivity index (χ3n) is 4.16. The molecule has 22 heavy (non-hydrogen) atoms. The molecule has 0 saturated carbocycles. The zero-order valence-electron chi connectivity index (χ0n) is 12.6. The molecule has 1 aliphatic rings. The Kier molecular flexibility index (Phi) is 4.57. The summed E-state index contributed by atoms with van der Waals surface area (Å²) in [7, 11) is 0. The highest BCUT2D eigenvalue weighted by molar-refractivity contribution is 7.12. The van der Waals surface area contributed by atoms with Gasteiger partial charge in [0.25, 0.3) is 5.91 Å². The van der Waals surface area contributed by atoms with Gasteiger partial charge in [0.15, 0.2) is 0 Å². The van der Waals surface area contributed by atoms with Crippen molar-refractivity contribution in [3.05, 3.63) is 46.2 Å². The maximum Gasteiger partial charge on any atom is 0.258 e. The van der Waals surface area contributed by atoms with Gasteiger partial charge in [-0.2, -0.15) is 0 Å². The second-order valence-electron chi connectivity index (χ2n) is 5.51. The molecule has 4 nitrogen and oxygen atoms in total. The molecule has 1 fully saturated rings. The third-order valence-corrected chi connectivity index (χ3v) is 5.11. The summed E-state index contributed by atoms with van der Waals surface area (Å²) in [4.78, 5) is 14.2. The van der Waals surface area contributed by atoms with Crippen molar-refractivity contribution in [2.75, 3.05) is 26.3 Å². The lowest BCUT2D eigenvalue weighted by molar-refractivity contribution is 0.0198. The minimum Gasteiger partial charge on any atom is -0.379 e. The van der Waals surface area contributed by atoms with Crippen molar-refractivity contribution in [2.24, 2.45) is 5.73 Å². The molecule has 0 aliphatic carbocycles. The van der Waals surface area contributed by atoms with Crippen molar-refractivity contribution in [3.8, 4) is 11.1 Å². The Hall–Kier alpha value is -1.69. The van der Waals surface area contributed by atoms with E-state index in [0.717, 1.165) is 37.4 Å². The highest BCUT2D eigenvalue weighted by Crippen LogP contribution is 2.28. The van der Waals surface area contributed by atoms with Crippen LogP contribution >= 0.6 is 11.3 Å². The van der Waals surface area contributed by atoms with Gasteiger partial charge in [0, 0.05) is 19.1 Å². The van der Waals surface area contributed by atoms with Crippen LogP contribution in [0.3, 0.4) is 0 Å². The number of carbonyl (C=O) groups is 1. The molecule has 2 aromatic rings. The van der Waals surface area contributed by atoms with Gasteiger partial charge < -0.3 is 10.5 Å². The molecule has 2 heterocycles. The van der Waals surface area contributed by atoms with E-state index in [2.05, 4.69) is 36.1 Å². The van der Waals surface area contributed by atoms with Crippen molar-refractivity contribution in [3.63, 3.8) is 0 Å². The van der Waals surface area contributed by atoms with Gasteiger partial charge in [-0.25, -0.2) is 0 Å². The maximum absolute atomic E-state index is 11.2. The number of nitrogens with zero attached hydrogens (tertiary/aromatic N) is 1. The Morgan fingerprint density at radius 2 is 1.91 bits per heavy atom. The fraction of sp³-hybridized carbons (Fsp3) is 0.353. The van der Waals surface area contributed by atoms with Crippen LogP contribution in [-0.4, -0.2) is 37.1 Å². The Morgan fingerprint density at radius 3 is 2.50 bits per heavy atom. The molecule has 1 amide bonds. The Labute approximate surface area is 134 Å². The van der Waals surface area contributed by atoms with Crippen LogP contribution in [-0.2, 0) is 4.74 Å². The van der Waals surface area contributed by atoms with Crippen LogP contribution in [0, 0.1) is 0 Å². The van der Waals surface area contributed by atoms with E-state index in [1.165, 1.54) is 16.9 Å². The second-order valence-corrected chi connectivity index (χ2v) is 6.42. The normalized spacial score (nSPS) is 17.3. The van der Waals surface area contributed by atoms with E-state index >= 15 is 0 Å². The SMILES string of the molecule is C[C@@H](c1ccc(-c2csc(C(N)=O)c2)cc1)N1CCOCC1. The molecule has 1 aromatic carbocycles. The van der Waals surface area contributed by atoms with Crippen LogP contribution in [0.1, 0.15) is 28.2 Å². The molecule has 1 aromatic heterocycles. The smallest absolute Gasteiger partial charge is 0.258 e. The molecule has 2 N–H and O–H groups in total. The van der Waals surface area contributed by atoms with Crippen molar-refractivity contribution in [1.82, 2.24) is 4.90 Å². The maximum atomic E-state index is 11.2. The highest BCUT2D eigenvalue weighted by Gasteiger charge is 2.18. The number of rotatable bonds is 4. The predicted molar refractivity (Wildman–Crippen MR) is 89.1 cm³/mol. The summed E-state index contributed by atoms with van der Waals surface area (Å²) in [5.41, 5.74) is 8.77. The van der Waals surface area contributed by atoms with E-state index in [1.54, 1.807) is 0 Å². The van der Waals surface area contributed by atoms with E-state index in [1.807, 2.05) is 11.4 Å². The van der Waals surface area contributed by atoms with E-state index in [-0.39, 0.29) is 5.91 Å². The number of primary amides is 1. The average molecular weight is 316 g/mol. The molecule has 3 rings (SSSR count). The Balaban J connectivity index is 1.75. The summed E-state index contributed by atoms with van der Waals surface area (Å²) >= 11 is 1.39. The van der Waals surface area contributed by atoms with Crippen LogP contribution in [0.25, 0.3) is 11.1 Å². The minimum absolute atomic E-state index is 0.367. The number of hydrogen-bond donors (Lipinski definition) is 1. The number of thiophene rings is 1. The number of morpholine rings is 1. The number of nitrogens with two attached hydrogens (primary N) is 1. The van der Waals surface area contributed by atoms with Crippen molar-refractivity contribution in [1.29, 1.82) is 0 Å². The summed E-state index contributed by atoms with van der Waals surface area (Å²) in [6, 6.07) is 10.8. The Bertz CT molecular complexity index is 645. The van der Waals surface area contributed by atoms with Gasteiger partial charge in [-0.15, -0.1) is 11.3 Å². The summed E-state index contributed by atoms with van der Waals surface area (Å²) < 4.78 is 5.41. The van der Waals surface area contributed by atoms with Crippen LogP contribution < -0.4 is 5.73 Å². The molecule has 0 radical (unpaired) electrons.